The molecule has 0 aliphatic heterocycles. The molecule has 0 aliphatic rings. The molecule has 72 valence electrons. The maximum Gasteiger partial charge on any atom is 0.0345 e. The van der Waals surface area contributed by atoms with Gasteiger partial charge in [0.1, 0.15) is 0 Å². The van der Waals surface area contributed by atoms with Gasteiger partial charge in [0.2, 0.25) is 0 Å². The van der Waals surface area contributed by atoms with E-state index in [1.165, 1.54) is 16.8 Å². The highest BCUT2D eigenvalue weighted by atomic mass is 79.9. The van der Waals surface area contributed by atoms with E-state index >= 15 is 0 Å². The van der Waals surface area contributed by atoms with E-state index in [9.17, 15) is 0 Å². The molecule has 1 aromatic carbocycles. The van der Waals surface area contributed by atoms with Gasteiger partial charge in [-0.3, -0.25) is 0 Å². The SMILES string of the molecule is Cc1cc(C)cc(NCCCBr)c1. The Bertz CT molecular complexity index is 251. The summed E-state index contributed by atoms with van der Waals surface area (Å²) in [5.74, 6) is 0. The second-order valence-corrected chi connectivity index (χ2v) is 4.14. The number of halogens is 1. The molecular weight excluding hydrogens is 226 g/mol. The van der Waals surface area contributed by atoms with Gasteiger partial charge in [0.05, 0.1) is 0 Å². The van der Waals surface area contributed by atoms with Crippen molar-refractivity contribution in [2.45, 2.75) is 20.3 Å². The van der Waals surface area contributed by atoms with Gasteiger partial charge in [-0.05, 0) is 43.5 Å². The van der Waals surface area contributed by atoms with Crippen LogP contribution >= 0.6 is 15.9 Å². The average Bonchev–Trinajstić information content (AvgIpc) is 2.03. The molecule has 0 radical (unpaired) electrons. The van der Waals surface area contributed by atoms with Crippen LogP contribution in [0.15, 0.2) is 18.2 Å². The number of benzene rings is 1. The third kappa shape index (κ3) is 3.81. The van der Waals surface area contributed by atoms with Gasteiger partial charge in [-0.15, -0.1) is 0 Å². The largest absolute Gasteiger partial charge is 0.385 e. The van der Waals surface area contributed by atoms with Crippen molar-refractivity contribution in [2.24, 2.45) is 0 Å². The molecule has 0 bridgehead atoms. The molecule has 0 atom stereocenters. The lowest BCUT2D eigenvalue weighted by Crippen LogP contribution is -2.02. The fourth-order valence-corrected chi connectivity index (χ4v) is 1.66. The lowest BCUT2D eigenvalue weighted by molar-refractivity contribution is 0.998. The molecule has 0 spiro atoms. The topological polar surface area (TPSA) is 12.0 Å². The van der Waals surface area contributed by atoms with Crippen molar-refractivity contribution in [3.63, 3.8) is 0 Å². The van der Waals surface area contributed by atoms with Crippen molar-refractivity contribution in [2.75, 3.05) is 17.2 Å². The van der Waals surface area contributed by atoms with E-state index in [1.54, 1.807) is 0 Å². The number of hydrogen-bond acceptors (Lipinski definition) is 1. The Kier molecular flexibility index (Phi) is 4.29. The fourth-order valence-electron chi connectivity index (χ4n) is 1.38. The minimum absolute atomic E-state index is 1.04. The molecule has 1 nitrogen and oxygen atoms in total. The average molecular weight is 242 g/mol. The van der Waals surface area contributed by atoms with Gasteiger partial charge in [0, 0.05) is 17.6 Å². The molecule has 1 rings (SSSR count). The quantitative estimate of drug-likeness (QED) is 0.629. The minimum Gasteiger partial charge on any atom is -0.385 e. The first-order chi connectivity index (χ1) is 6.22. The van der Waals surface area contributed by atoms with E-state index in [1.807, 2.05) is 0 Å². The molecule has 1 N–H and O–H groups in total. The summed E-state index contributed by atoms with van der Waals surface area (Å²) in [5.41, 5.74) is 3.88. The number of nitrogens with one attached hydrogen (secondary N) is 1. The summed E-state index contributed by atoms with van der Waals surface area (Å²) < 4.78 is 0. The monoisotopic (exact) mass is 241 g/mol. The van der Waals surface area contributed by atoms with E-state index in [0.29, 0.717) is 0 Å². The van der Waals surface area contributed by atoms with Gasteiger partial charge in [-0.25, -0.2) is 0 Å². The first-order valence-corrected chi connectivity index (χ1v) is 5.72. The normalized spacial score (nSPS) is 10.1. The van der Waals surface area contributed by atoms with Crippen molar-refractivity contribution >= 4 is 21.6 Å². The van der Waals surface area contributed by atoms with E-state index in [0.717, 1.165) is 18.3 Å². The lowest BCUT2D eigenvalue weighted by Gasteiger charge is -2.07. The highest BCUT2D eigenvalue weighted by Gasteiger charge is 1.94. The summed E-state index contributed by atoms with van der Waals surface area (Å²) in [6.45, 7) is 5.29. The Morgan fingerprint density at radius 2 is 1.77 bits per heavy atom. The molecule has 2 heteroatoms. The molecular formula is C11H16BrN. The minimum atomic E-state index is 1.04. The van der Waals surface area contributed by atoms with Crippen LogP contribution in [0.2, 0.25) is 0 Å². The van der Waals surface area contributed by atoms with Crippen LogP contribution in [-0.4, -0.2) is 11.9 Å². The summed E-state index contributed by atoms with van der Waals surface area (Å²) in [7, 11) is 0. The molecule has 0 fully saturated rings. The van der Waals surface area contributed by atoms with Gasteiger partial charge in [0.15, 0.2) is 0 Å². The maximum absolute atomic E-state index is 3.41. The summed E-state index contributed by atoms with van der Waals surface area (Å²) in [5, 5.41) is 4.46. The van der Waals surface area contributed by atoms with E-state index < -0.39 is 0 Å². The van der Waals surface area contributed by atoms with Crippen molar-refractivity contribution in [1.29, 1.82) is 0 Å². The zero-order valence-corrected chi connectivity index (χ0v) is 9.82. The number of alkyl halides is 1. The Morgan fingerprint density at radius 3 is 2.31 bits per heavy atom. The van der Waals surface area contributed by atoms with E-state index in [2.05, 4.69) is 53.3 Å². The van der Waals surface area contributed by atoms with E-state index in [4.69, 9.17) is 0 Å². The van der Waals surface area contributed by atoms with Gasteiger partial charge >= 0.3 is 0 Å². The summed E-state index contributed by atoms with van der Waals surface area (Å²) in [6, 6.07) is 6.55. The van der Waals surface area contributed by atoms with Crippen LogP contribution in [0.1, 0.15) is 17.5 Å². The van der Waals surface area contributed by atoms with Gasteiger partial charge in [-0.2, -0.15) is 0 Å². The van der Waals surface area contributed by atoms with Crippen molar-refractivity contribution < 1.29 is 0 Å². The van der Waals surface area contributed by atoms with E-state index in [-0.39, 0.29) is 0 Å². The van der Waals surface area contributed by atoms with Crippen LogP contribution < -0.4 is 5.32 Å². The van der Waals surface area contributed by atoms with Crippen LogP contribution in [0.25, 0.3) is 0 Å². The molecule has 0 amide bonds. The first-order valence-electron chi connectivity index (χ1n) is 4.60. The van der Waals surface area contributed by atoms with Crippen LogP contribution in [0.5, 0.6) is 0 Å². The molecule has 0 saturated carbocycles. The predicted octanol–water partition coefficient (Wildman–Crippen LogP) is 3.50. The second kappa shape index (κ2) is 5.28. The maximum atomic E-state index is 3.41. The molecule has 13 heavy (non-hydrogen) atoms. The van der Waals surface area contributed by atoms with Crippen LogP contribution in [0, 0.1) is 13.8 Å². The Hall–Kier alpha value is -0.500. The molecule has 1 aromatic rings. The molecule has 0 aliphatic carbocycles. The number of anilines is 1. The molecule has 0 saturated heterocycles. The number of aryl methyl sites for hydroxylation is 2. The Balaban J connectivity index is 2.56. The van der Waals surface area contributed by atoms with Crippen LogP contribution in [0.4, 0.5) is 5.69 Å². The molecule has 0 aromatic heterocycles. The third-order valence-corrected chi connectivity index (χ3v) is 2.42. The van der Waals surface area contributed by atoms with Crippen molar-refractivity contribution in [3.05, 3.63) is 29.3 Å². The van der Waals surface area contributed by atoms with Gasteiger partial charge < -0.3 is 5.32 Å². The summed E-state index contributed by atoms with van der Waals surface area (Å²) in [4.78, 5) is 0. The zero-order valence-electron chi connectivity index (χ0n) is 8.23. The summed E-state index contributed by atoms with van der Waals surface area (Å²) in [6.07, 6.45) is 1.16. The number of rotatable bonds is 4. The zero-order chi connectivity index (χ0) is 9.68. The van der Waals surface area contributed by atoms with Crippen molar-refractivity contribution in [1.82, 2.24) is 0 Å². The van der Waals surface area contributed by atoms with Gasteiger partial charge in [0.25, 0.3) is 0 Å². The predicted molar refractivity (Wildman–Crippen MR) is 62.8 cm³/mol. The smallest absolute Gasteiger partial charge is 0.0345 e. The highest BCUT2D eigenvalue weighted by Crippen LogP contribution is 2.13. The number of hydrogen-bond donors (Lipinski definition) is 1. The van der Waals surface area contributed by atoms with Crippen LogP contribution in [-0.2, 0) is 0 Å². The second-order valence-electron chi connectivity index (χ2n) is 3.35. The fraction of sp³-hybridized carbons (Fsp3) is 0.455. The summed E-state index contributed by atoms with van der Waals surface area (Å²) >= 11 is 3.41. The first kappa shape index (κ1) is 10.6. The van der Waals surface area contributed by atoms with Gasteiger partial charge in [-0.1, -0.05) is 22.0 Å². The highest BCUT2D eigenvalue weighted by molar-refractivity contribution is 9.09. The lowest BCUT2D eigenvalue weighted by atomic mass is 10.1. The van der Waals surface area contributed by atoms with Crippen LogP contribution in [0.3, 0.4) is 0 Å². The molecule has 0 unspecified atom stereocenters. The standard InChI is InChI=1S/C11H16BrN/c1-9-6-10(2)8-11(7-9)13-5-3-4-12/h6-8,13H,3-5H2,1-2H3. The Labute approximate surface area is 88.7 Å². The Morgan fingerprint density at radius 1 is 1.15 bits per heavy atom. The third-order valence-electron chi connectivity index (χ3n) is 1.86. The van der Waals surface area contributed by atoms with Crippen molar-refractivity contribution in [3.8, 4) is 0 Å². The molecule has 0 heterocycles.